The molecule has 86 valence electrons. The van der Waals surface area contributed by atoms with E-state index in [1.54, 1.807) is 19.1 Å². The van der Waals surface area contributed by atoms with E-state index >= 15 is 0 Å². The molecule has 0 aliphatic carbocycles. The molecule has 1 unspecified atom stereocenters. The summed E-state index contributed by atoms with van der Waals surface area (Å²) in [5.41, 5.74) is 5.54. The number of esters is 1. The van der Waals surface area contributed by atoms with E-state index in [4.69, 9.17) is 15.2 Å². The molecule has 0 aromatic heterocycles. The van der Waals surface area contributed by atoms with Gasteiger partial charge in [0.2, 0.25) is 0 Å². The van der Waals surface area contributed by atoms with Gasteiger partial charge < -0.3 is 15.2 Å². The maximum Gasteiger partial charge on any atom is 0.334 e. The second-order valence-corrected chi connectivity index (χ2v) is 4.54. The van der Waals surface area contributed by atoms with Crippen LogP contribution in [0.1, 0.15) is 12.5 Å². The van der Waals surface area contributed by atoms with Crippen molar-refractivity contribution >= 4 is 21.9 Å². The predicted molar refractivity (Wildman–Crippen MR) is 62.1 cm³/mol. The van der Waals surface area contributed by atoms with E-state index < -0.39 is 11.5 Å². The van der Waals surface area contributed by atoms with Gasteiger partial charge in [-0.05, 0) is 19.1 Å². The van der Waals surface area contributed by atoms with Crippen LogP contribution in [-0.2, 0) is 15.1 Å². The molecule has 5 heteroatoms. The third kappa shape index (κ3) is 1.70. The van der Waals surface area contributed by atoms with E-state index in [9.17, 15) is 4.79 Å². The number of halogens is 1. The van der Waals surface area contributed by atoms with Crippen LogP contribution in [0.25, 0.3) is 0 Å². The average molecular weight is 286 g/mol. The van der Waals surface area contributed by atoms with Gasteiger partial charge in [-0.15, -0.1) is 0 Å². The maximum absolute atomic E-state index is 11.8. The summed E-state index contributed by atoms with van der Waals surface area (Å²) < 4.78 is 11.3. The first-order valence-corrected chi connectivity index (χ1v) is 5.76. The van der Waals surface area contributed by atoms with Gasteiger partial charge in [0.25, 0.3) is 0 Å². The predicted octanol–water partition coefficient (Wildman–Crippen LogP) is 1.56. The molecule has 16 heavy (non-hydrogen) atoms. The highest BCUT2D eigenvalue weighted by Crippen LogP contribution is 2.37. The first kappa shape index (κ1) is 11.4. The minimum absolute atomic E-state index is 0.123. The van der Waals surface area contributed by atoms with Gasteiger partial charge in [0.15, 0.2) is 5.54 Å². The zero-order valence-corrected chi connectivity index (χ0v) is 10.4. The summed E-state index contributed by atoms with van der Waals surface area (Å²) in [6, 6.07) is 5.40. The lowest BCUT2D eigenvalue weighted by Gasteiger charge is -2.19. The lowest BCUT2D eigenvalue weighted by molar-refractivity contribution is -0.150. The number of ether oxygens (including phenoxy) is 2. The number of nitrogens with two attached hydrogens (primary N) is 1. The van der Waals surface area contributed by atoms with Crippen molar-refractivity contribution in [2.24, 2.45) is 5.73 Å². The topological polar surface area (TPSA) is 61.5 Å². The summed E-state index contributed by atoms with van der Waals surface area (Å²) in [7, 11) is 0. The molecule has 0 fully saturated rings. The van der Waals surface area contributed by atoms with E-state index in [0.717, 1.165) is 4.47 Å². The van der Waals surface area contributed by atoms with Crippen LogP contribution in [0, 0.1) is 0 Å². The molecule has 1 heterocycles. The van der Waals surface area contributed by atoms with Gasteiger partial charge in [-0.1, -0.05) is 22.0 Å². The molecule has 1 atom stereocenters. The van der Waals surface area contributed by atoms with E-state index in [0.29, 0.717) is 17.9 Å². The van der Waals surface area contributed by atoms with Crippen molar-refractivity contribution in [3.8, 4) is 5.75 Å². The Labute approximate surface area is 102 Å². The highest BCUT2D eigenvalue weighted by atomic mass is 79.9. The molecule has 0 amide bonds. The maximum atomic E-state index is 11.8. The zero-order chi connectivity index (χ0) is 11.8. The first-order valence-electron chi connectivity index (χ1n) is 4.97. The SMILES string of the molecule is CCOC(=O)C1(N)COc2cc(Br)ccc21. The summed E-state index contributed by atoms with van der Waals surface area (Å²) in [6.07, 6.45) is 0. The molecule has 2 N–H and O–H groups in total. The number of benzene rings is 1. The van der Waals surface area contributed by atoms with Crippen molar-refractivity contribution in [2.45, 2.75) is 12.5 Å². The van der Waals surface area contributed by atoms with Crippen LogP contribution in [0.2, 0.25) is 0 Å². The fourth-order valence-corrected chi connectivity index (χ4v) is 2.02. The Morgan fingerprint density at radius 1 is 1.69 bits per heavy atom. The Kier molecular flexibility index (Phi) is 2.90. The average Bonchev–Trinajstić information content (AvgIpc) is 2.58. The Morgan fingerprint density at radius 3 is 3.12 bits per heavy atom. The summed E-state index contributed by atoms with van der Waals surface area (Å²) in [5, 5.41) is 0. The number of hydrogen-bond acceptors (Lipinski definition) is 4. The fourth-order valence-electron chi connectivity index (χ4n) is 1.68. The van der Waals surface area contributed by atoms with Crippen LogP contribution in [0.4, 0.5) is 0 Å². The number of fused-ring (bicyclic) bond motifs is 1. The minimum atomic E-state index is -1.17. The molecule has 0 radical (unpaired) electrons. The number of hydrogen-bond donors (Lipinski definition) is 1. The van der Waals surface area contributed by atoms with Gasteiger partial charge in [-0.25, -0.2) is 4.79 Å². The van der Waals surface area contributed by atoms with E-state index in [1.807, 2.05) is 6.07 Å². The monoisotopic (exact) mass is 285 g/mol. The van der Waals surface area contributed by atoms with Gasteiger partial charge in [0.05, 0.1) is 6.61 Å². The third-order valence-corrected chi connectivity index (χ3v) is 3.01. The lowest BCUT2D eigenvalue weighted by Crippen LogP contribution is -2.47. The van der Waals surface area contributed by atoms with Gasteiger partial charge >= 0.3 is 5.97 Å². The third-order valence-electron chi connectivity index (χ3n) is 2.52. The Balaban J connectivity index is 2.38. The fraction of sp³-hybridized carbons (Fsp3) is 0.364. The van der Waals surface area contributed by atoms with Crippen molar-refractivity contribution in [1.29, 1.82) is 0 Å². The van der Waals surface area contributed by atoms with Gasteiger partial charge in [0.1, 0.15) is 12.4 Å². The van der Waals surface area contributed by atoms with E-state index in [2.05, 4.69) is 15.9 Å². The first-order chi connectivity index (χ1) is 7.58. The quantitative estimate of drug-likeness (QED) is 0.838. The van der Waals surface area contributed by atoms with Crippen molar-refractivity contribution in [3.05, 3.63) is 28.2 Å². The molecule has 0 spiro atoms. The number of carbonyl (C=O) groups excluding carboxylic acids is 1. The van der Waals surface area contributed by atoms with Gasteiger partial charge in [0, 0.05) is 10.0 Å². The molecule has 4 nitrogen and oxygen atoms in total. The standard InChI is InChI=1S/C11H12BrNO3/c1-2-15-10(14)11(13)6-16-9-5-7(12)3-4-8(9)11/h3-5H,2,6,13H2,1H3. The molecular formula is C11H12BrNO3. The van der Waals surface area contributed by atoms with Crippen molar-refractivity contribution in [1.82, 2.24) is 0 Å². The number of carbonyl (C=O) groups is 1. The zero-order valence-electron chi connectivity index (χ0n) is 8.83. The molecule has 1 aliphatic rings. The van der Waals surface area contributed by atoms with Crippen LogP contribution in [0.3, 0.4) is 0 Å². The molecule has 2 rings (SSSR count). The highest BCUT2D eigenvalue weighted by Gasteiger charge is 2.45. The smallest absolute Gasteiger partial charge is 0.334 e. The van der Waals surface area contributed by atoms with Crippen LogP contribution in [0.15, 0.2) is 22.7 Å². The normalized spacial score (nSPS) is 22.4. The summed E-state index contributed by atoms with van der Waals surface area (Å²) in [5.74, 6) is 0.181. The van der Waals surface area contributed by atoms with Gasteiger partial charge in [-0.2, -0.15) is 0 Å². The highest BCUT2D eigenvalue weighted by molar-refractivity contribution is 9.10. The summed E-state index contributed by atoms with van der Waals surface area (Å²) in [4.78, 5) is 11.8. The van der Waals surface area contributed by atoms with E-state index in [1.165, 1.54) is 0 Å². The molecule has 0 saturated carbocycles. The Hall–Kier alpha value is -1.07. The molecule has 0 bridgehead atoms. The van der Waals surface area contributed by atoms with Crippen molar-refractivity contribution in [3.63, 3.8) is 0 Å². The lowest BCUT2D eigenvalue weighted by atomic mass is 9.93. The second kappa shape index (κ2) is 4.07. The van der Waals surface area contributed by atoms with E-state index in [-0.39, 0.29) is 6.61 Å². The number of rotatable bonds is 2. The summed E-state index contributed by atoms with van der Waals surface area (Å²) >= 11 is 3.33. The molecular weight excluding hydrogens is 274 g/mol. The van der Waals surface area contributed by atoms with Crippen LogP contribution < -0.4 is 10.5 Å². The van der Waals surface area contributed by atoms with Crippen LogP contribution in [-0.4, -0.2) is 19.2 Å². The molecule has 1 aromatic rings. The molecule has 1 aromatic carbocycles. The molecule has 0 saturated heterocycles. The van der Waals surface area contributed by atoms with Crippen LogP contribution >= 0.6 is 15.9 Å². The molecule has 1 aliphatic heterocycles. The van der Waals surface area contributed by atoms with Crippen molar-refractivity contribution < 1.29 is 14.3 Å². The largest absolute Gasteiger partial charge is 0.490 e. The van der Waals surface area contributed by atoms with Gasteiger partial charge in [-0.3, -0.25) is 0 Å². The van der Waals surface area contributed by atoms with Crippen LogP contribution in [0.5, 0.6) is 5.75 Å². The Morgan fingerprint density at radius 2 is 2.44 bits per heavy atom. The Bertz CT molecular complexity index is 435. The van der Waals surface area contributed by atoms with Crippen molar-refractivity contribution in [2.75, 3.05) is 13.2 Å². The summed E-state index contributed by atoms with van der Waals surface area (Å²) in [6.45, 7) is 2.18. The minimum Gasteiger partial charge on any atom is -0.490 e. The second-order valence-electron chi connectivity index (χ2n) is 3.62.